The van der Waals surface area contributed by atoms with E-state index in [2.05, 4.69) is 4.98 Å². The first-order chi connectivity index (χ1) is 11.8. The number of para-hydroxylation sites is 1. The van der Waals surface area contributed by atoms with Gasteiger partial charge in [-0.2, -0.15) is 0 Å². The number of H-pyrrole nitrogens is 1. The lowest BCUT2D eigenvalue weighted by Crippen LogP contribution is -2.48. The first-order valence-corrected chi connectivity index (χ1v) is 8.06. The van der Waals surface area contributed by atoms with Crippen molar-refractivity contribution in [3.63, 3.8) is 0 Å². The largest absolute Gasteiger partial charge is 0.496 e. The van der Waals surface area contributed by atoms with Gasteiger partial charge in [0.2, 0.25) is 5.43 Å². The van der Waals surface area contributed by atoms with Gasteiger partial charge in [0.1, 0.15) is 29.3 Å². The minimum absolute atomic E-state index is 0.199. The van der Waals surface area contributed by atoms with E-state index in [1.54, 1.807) is 38.1 Å². The van der Waals surface area contributed by atoms with Gasteiger partial charge in [0, 0.05) is 22.5 Å². The SMILES string of the molecule is COc1cc2c(c3[nH]c4ccccc4c(=O)c13)[C@H](O)[C@H](O)C(C)(C)O2. The Kier molecular flexibility index (Phi) is 3.32. The number of ether oxygens (including phenoxy) is 2. The van der Waals surface area contributed by atoms with Crippen LogP contribution in [-0.2, 0) is 0 Å². The van der Waals surface area contributed by atoms with Gasteiger partial charge >= 0.3 is 0 Å². The van der Waals surface area contributed by atoms with Gasteiger partial charge < -0.3 is 24.7 Å². The van der Waals surface area contributed by atoms with Gasteiger partial charge in [-0.15, -0.1) is 0 Å². The molecule has 4 rings (SSSR count). The molecule has 0 aliphatic carbocycles. The first-order valence-electron chi connectivity index (χ1n) is 8.06. The van der Waals surface area contributed by atoms with Crippen molar-refractivity contribution < 1.29 is 19.7 Å². The Labute approximate surface area is 143 Å². The van der Waals surface area contributed by atoms with Crippen LogP contribution in [0.3, 0.4) is 0 Å². The van der Waals surface area contributed by atoms with Gasteiger partial charge in [0.15, 0.2) is 0 Å². The fourth-order valence-electron chi connectivity index (χ4n) is 3.49. The third-order valence-corrected chi connectivity index (χ3v) is 4.85. The van der Waals surface area contributed by atoms with Crippen molar-refractivity contribution in [3.8, 4) is 11.5 Å². The van der Waals surface area contributed by atoms with E-state index < -0.39 is 17.8 Å². The molecular formula is C19H19NO5. The van der Waals surface area contributed by atoms with Crippen LogP contribution in [0.25, 0.3) is 21.8 Å². The van der Waals surface area contributed by atoms with E-state index in [-0.39, 0.29) is 5.43 Å². The smallest absolute Gasteiger partial charge is 0.200 e. The summed E-state index contributed by atoms with van der Waals surface area (Å²) >= 11 is 0. The highest BCUT2D eigenvalue weighted by atomic mass is 16.5. The second-order valence-corrected chi connectivity index (χ2v) is 6.84. The van der Waals surface area contributed by atoms with E-state index in [9.17, 15) is 15.0 Å². The van der Waals surface area contributed by atoms with Crippen molar-refractivity contribution in [3.05, 3.63) is 46.1 Å². The van der Waals surface area contributed by atoms with Crippen LogP contribution in [0, 0.1) is 0 Å². The molecule has 0 spiro atoms. The lowest BCUT2D eigenvalue weighted by atomic mass is 9.87. The predicted octanol–water partition coefficient (Wildman–Crippen LogP) is 2.26. The van der Waals surface area contributed by atoms with E-state index in [4.69, 9.17) is 9.47 Å². The zero-order chi connectivity index (χ0) is 17.9. The van der Waals surface area contributed by atoms with Gasteiger partial charge in [0.25, 0.3) is 0 Å². The maximum Gasteiger partial charge on any atom is 0.200 e. The molecule has 0 saturated heterocycles. The summed E-state index contributed by atoms with van der Waals surface area (Å²) in [6, 6.07) is 8.73. The Morgan fingerprint density at radius 1 is 1.24 bits per heavy atom. The number of methoxy groups -OCH3 is 1. The molecule has 3 aromatic rings. The summed E-state index contributed by atoms with van der Waals surface area (Å²) < 4.78 is 11.3. The summed E-state index contributed by atoms with van der Waals surface area (Å²) in [6.07, 6.45) is -2.32. The quantitative estimate of drug-likeness (QED) is 0.591. The summed E-state index contributed by atoms with van der Waals surface area (Å²) in [5.41, 5.74) is 0.255. The molecule has 6 nitrogen and oxygen atoms in total. The highest BCUT2D eigenvalue weighted by molar-refractivity contribution is 5.98. The molecule has 2 aromatic carbocycles. The third kappa shape index (κ3) is 2.14. The summed E-state index contributed by atoms with van der Waals surface area (Å²) in [5.74, 6) is 0.748. The van der Waals surface area contributed by atoms with Gasteiger partial charge in [-0.1, -0.05) is 12.1 Å². The highest BCUT2D eigenvalue weighted by Crippen LogP contribution is 2.45. The number of aromatic nitrogens is 1. The average molecular weight is 341 g/mol. The molecule has 0 amide bonds. The lowest BCUT2D eigenvalue weighted by Gasteiger charge is -2.40. The Hall–Kier alpha value is -2.57. The summed E-state index contributed by atoms with van der Waals surface area (Å²) in [5, 5.41) is 22.0. The van der Waals surface area contributed by atoms with Gasteiger partial charge in [-0.25, -0.2) is 0 Å². The highest BCUT2D eigenvalue weighted by Gasteiger charge is 2.43. The molecule has 2 heterocycles. The molecule has 25 heavy (non-hydrogen) atoms. The van der Waals surface area contributed by atoms with Crippen LogP contribution in [-0.4, -0.2) is 34.0 Å². The molecule has 0 unspecified atom stereocenters. The Morgan fingerprint density at radius 3 is 2.68 bits per heavy atom. The van der Waals surface area contributed by atoms with E-state index in [0.29, 0.717) is 38.9 Å². The molecule has 0 bridgehead atoms. The number of fused-ring (bicyclic) bond motifs is 4. The van der Waals surface area contributed by atoms with Crippen molar-refractivity contribution in [2.24, 2.45) is 0 Å². The van der Waals surface area contributed by atoms with Gasteiger partial charge in [-0.05, 0) is 26.0 Å². The first kappa shape index (κ1) is 15.9. The fraction of sp³-hybridized carbons (Fsp3) is 0.316. The van der Waals surface area contributed by atoms with Crippen LogP contribution in [0.15, 0.2) is 35.1 Å². The van der Waals surface area contributed by atoms with Crippen LogP contribution in [0.5, 0.6) is 11.5 Å². The molecule has 1 aromatic heterocycles. The number of hydrogen-bond donors (Lipinski definition) is 3. The van der Waals surface area contributed by atoms with Crippen LogP contribution in [0.2, 0.25) is 0 Å². The molecular weight excluding hydrogens is 322 g/mol. The summed E-state index contributed by atoms with van der Waals surface area (Å²) in [6.45, 7) is 3.40. The summed E-state index contributed by atoms with van der Waals surface area (Å²) in [4.78, 5) is 16.2. The molecule has 3 N–H and O–H groups in total. The maximum atomic E-state index is 13.0. The number of nitrogens with one attached hydrogen (secondary N) is 1. The van der Waals surface area contributed by atoms with Crippen LogP contribution in [0.1, 0.15) is 25.5 Å². The Bertz CT molecular complexity index is 1050. The zero-order valence-electron chi connectivity index (χ0n) is 14.2. The second kappa shape index (κ2) is 5.21. The molecule has 1 aliphatic heterocycles. The second-order valence-electron chi connectivity index (χ2n) is 6.84. The molecule has 2 atom stereocenters. The molecule has 130 valence electrons. The number of aliphatic hydroxyl groups is 2. The Balaban J connectivity index is 2.19. The van der Waals surface area contributed by atoms with Crippen molar-refractivity contribution in [1.82, 2.24) is 4.98 Å². The van der Waals surface area contributed by atoms with E-state index in [1.165, 1.54) is 7.11 Å². The van der Waals surface area contributed by atoms with Crippen molar-refractivity contribution in [2.45, 2.75) is 31.7 Å². The van der Waals surface area contributed by atoms with Gasteiger partial charge in [0.05, 0.1) is 18.0 Å². The number of rotatable bonds is 1. The average Bonchev–Trinajstić information content (AvgIpc) is 2.58. The minimum atomic E-state index is -1.19. The zero-order valence-corrected chi connectivity index (χ0v) is 14.2. The number of aromatic amines is 1. The van der Waals surface area contributed by atoms with E-state index in [0.717, 1.165) is 0 Å². The van der Waals surface area contributed by atoms with Crippen LogP contribution in [0.4, 0.5) is 0 Å². The van der Waals surface area contributed by atoms with E-state index >= 15 is 0 Å². The molecule has 1 aliphatic rings. The number of hydrogen-bond acceptors (Lipinski definition) is 5. The molecule has 0 saturated carbocycles. The number of pyridine rings is 1. The van der Waals surface area contributed by atoms with Gasteiger partial charge in [-0.3, -0.25) is 4.79 Å². The Morgan fingerprint density at radius 2 is 1.96 bits per heavy atom. The third-order valence-electron chi connectivity index (χ3n) is 4.85. The van der Waals surface area contributed by atoms with E-state index in [1.807, 2.05) is 6.07 Å². The molecule has 0 radical (unpaired) electrons. The molecule has 6 heteroatoms. The number of benzene rings is 2. The standard InChI is InChI=1S/C19H19NO5/c1-19(2)18(23)17(22)14-12(25-19)8-11(24-3)13-15(14)20-10-7-5-4-6-9(10)16(13)21/h4-8,17-18,22-23H,1-3H3,(H,20,21)/t17-,18-/m0/s1. The molecule has 0 fully saturated rings. The minimum Gasteiger partial charge on any atom is -0.496 e. The van der Waals surface area contributed by atoms with Crippen molar-refractivity contribution in [1.29, 1.82) is 0 Å². The summed E-state index contributed by atoms with van der Waals surface area (Å²) in [7, 11) is 1.48. The normalized spacial score (nSPS) is 21.8. The van der Waals surface area contributed by atoms with Crippen molar-refractivity contribution in [2.75, 3.05) is 7.11 Å². The topological polar surface area (TPSA) is 91.8 Å². The predicted molar refractivity (Wildman–Crippen MR) is 94.3 cm³/mol. The monoisotopic (exact) mass is 341 g/mol. The lowest BCUT2D eigenvalue weighted by molar-refractivity contribution is -0.111. The van der Waals surface area contributed by atoms with Crippen LogP contribution < -0.4 is 14.9 Å². The van der Waals surface area contributed by atoms with Crippen LogP contribution >= 0.6 is 0 Å². The maximum absolute atomic E-state index is 13.0. The number of aliphatic hydroxyl groups excluding tert-OH is 2. The fourth-order valence-corrected chi connectivity index (χ4v) is 3.49. The van der Waals surface area contributed by atoms with Crippen molar-refractivity contribution >= 4 is 21.8 Å².